The minimum Gasteiger partial charge on any atom is -0.314 e. The Morgan fingerprint density at radius 1 is 0.592 bits per heavy atom. The van der Waals surface area contributed by atoms with E-state index >= 15 is 0 Å². The predicted molar refractivity (Wildman–Crippen MR) is 206 cm³/mol. The van der Waals surface area contributed by atoms with Gasteiger partial charge in [-0.05, 0) is 100 Å². The highest BCUT2D eigenvalue weighted by Crippen LogP contribution is 2.39. The maximum absolute atomic E-state index is 5.03. The van der Waals surface area contributed by atoms with Gasteiger partial charge >= 0.3 is 0 Å². The van der Waals surface area contributed by atoms with Crippen LogP contribution in [0, 0.1) is 0 Å². The smallest absolute Gasteiger partial charge is 0.122 e. The highest BCUT2D eigenvalue weighted by molar-refractivity contribution is 6.10. The molecule has 0 aliphatic carbocycles. The van der Waals surface area contributed by atoms with Crippen molar-refractivity contribution in [1.29, 1.82) is 0 Å². The lowest BCUT2D eigenvalue weighted by molar-refractivity contribution is 0.766. The van der Waals surface area contributed by atoms with Gasteiger partial charge in [0.05, 0.1) is 5.69 Å². The van der Waals surface area contributed by atoms with Crippen molar-refractivity contribution in [3.05, 3.63) is 187 Å². The van der Waals surface area contributed by atoms with Gasteiger partial charge in [0.15, 0.2) is 0 Å². The maximum Gasteiger partial charge on any atom is 0.122 e. The molecule has 0 N–H and O–H groups in total. The van der Waals surface area contributed by atoms with Gasteiger partial charge in [-0.2, -0.15) is 4.80 Å². The van der Waals surface area contributed by atoms with Crippen LogP contribution >= 0.6 is 0 Å². The van der Waals surface area contributed by atoms with Crippen LogP contribution in [0.1, 0.15) is 18.1 Å². The van der Waals surface area contributed by atoms with Crippen LogP contribution in [0.2, 0.25) is 0 Å². The molecule has 0 saturated carbocycles. The first kappa shape index (κ1) is 29.9. The Morgan fingerprint density at radius 3 is 1.78 bits per heavy atom. The summed E-state index contributed by atoms with van der Waals surface area (Å²) in [5, 5.41) is 12.0. The average Bonchev–Trinajstić information content (AvgIpc) is 3.61. The molecule has 4 heteroatoms. The molecule has 0 aliphatic heterocycles. The fraction of sp³-hybridized carbons (Fsp3) is 0.0222. The quantitative estimate of drug-likeness (QED) is 0.167. The predicted octanol–water partition coefficient (Wildman–Crippen LogP) is 11.7. The second-order valence-electron chi connectivity index (χ2n) is 12.1. The molecule has 0 saturated heterocycles. The standard InChI is InChI=1S/C45H34N4/c1-3-33-24-25-36-26-27-43-45(47-49(46-43)40-22-14-7-15-23-40)44(36)42(33)28-32(2)48(39-20-12-6-13-21-39)41-30-37(34-16-8-4-9-17-34)29-38(31-41)35-18-10-5-11-19-35/h3-31H,1H2,2H3/b32-28+. The Balaban J connectivity index is 1.36. The lowest BCUT2D eigenvalue weighted by atomic mass is 9.96. The van der Waals surface area contributed by atoms with Crippen LogP contribution in [0.5, 0.6) is 0 Å². The van der Waals surface area contributed by atoms with Crippen LogP contribution in [0.3, 0.4) is 0 Å². The number of rotatable bonds is 8. The Labute approximate surface area is 286 Å². The molecule has 234 valence electrons. The average molecular weight is 631 g/mol. The van der Waals surface area contributed by atoms with E-state index in [1.807, 2.05) is 36.4 Å². The second kappa shape index (κ2) is 12.9. The molecule has 1 heterocycles. The fourth-order valence-electron chi connectivity index (χ4n) is 6.58. The summed E-state index contributed by atoms with van der Waals surface area (Å²) in [5.74, 6) is 0. The van der Waals surface area contributed by atoms with Crippen molar-refractivity contribution in [3.63, 3.8) is 0 Å². The molecule has 0 spiro atoms. The van der Waals surface area contributed by atoms with E-state index in [1.165, 1.54) is 11.1 Å². The first-order valence-corrected chi connectivity index (χ1v) is 16.5. The van der Waals surface area contributed by atoms with E-state index < -0.39 is 0 Å². The van der Waals surface area contributed by atoms with Crippen LogP contribution in [0.4, 0.5) is 11.4 Å². The van der Waals surface area contributed by atoms with Gasteiger partial charge in [0.1, 0.15) is 11.0 Å². The summed E-state index contributed by atoms with van der Waals surface area (Å²) in [4.78, 5) is 4.06. The third-order valence-electron chi connectivity index (χ3n) is 8.93. The monoisotopic (exact) mass is 630 g/mol. The molecule has 0 radical (unpaired) electrons. The van der Waals surface area contributed by atoms with Crippen molar-refractivity contribution in [1.82, 2.24) is 15.0 Å². The number of para-hydroxylation sites is 2. The van der Waals surface area contributed by atoms with Crippen LogP contribution in [0.25, 0.3) is 61.9 Å². The molecule has 0 aliphatic rings. The van der Waals surface area contributed by atoms with E-state index in [-0.39, 0.29) is 0 Å². The lowest BCUT2D eigenvalue weighted by Crippen LogP contribution is -2.14. The van der Waals surface area contributed by atoms with Crippen molar-refractivity contribution in [2.24, 2.45) is 0 Å². The van der Waals surface area contributed by atoms with Gasteiger partial charge < -0.3 is 4.90 Å². The molecule has 49 heavy (non-hydrogen) atoms. The molecular weight excluding hydrogens is 597 g/mol. The number of aromatic nitrogens is 3. The minimum absolute atomic E-state index is 0.841. The first-order chi connectivity index (χ1) is 24.2. The van der Waals surface area contributed by atoms with E-state index in [1.54, 1.807) is 4.80 Å². The molecule has 0 atom stereocenters. The van der Waals surface area contributed by atoms with Crippen molar-refractivity contribution >= 4 is 45.3 Å². The van der Waals surface area contributed by atoms with Gasteiger partial charge in [-0.3, -0.25) is 0 Å². The van der Waals surface area contributed by atoms with Crippen LogP contribution in [-0.4, -0.2) is 15.0 Å². The Hall–Kier alpha value is -6.52. The van der Waals surface area contributed by atoms with Crippen LogP contribution in [0.15, 0.2) is 176 Å². The van der Waals surface area contributed by atoms with Gasteiger partial charge in [-0.1, -0.05) is 128 Å². The summed E-state index contributed by atoms with van der Waals surface area (Å²) in [7, 11) is 0. The van der Waals surface area contributed by atoms with Gasteiger partial charge in [-0.25, -0.2) is 0 Å². The first-order valence-electron chi connectivity index (χ1n) is 16.5. The summed E-state index contributed by atoms with van der Waals surface area (Å²) < 4.78 is 0. The molecule has 0 amide bonds. The summed E-state index contributed by atoms with van der Waals surface area (Å²) in [5.41, 5.74) is 12.5. The molecule has 8 rings (SSSR count). The number of anilines is 2. The number of benzene rings is 7. The Kier molecular flexibility index (Phi) is 7.88. The maximum atomic E-state index is 5.03. The normalized spacial score (nSPS) is 11.6. The molecular formula is C45H34N4. The summed E-state index contributed by atoms with van der Waals surface area (Å²) in [6.07, 6.45) is 4.19. The Bertz CT molecular complexity index is 2390. The van der Waals surface area contributed by atoms with Crippen molar-refractivity contribution in [2.45, 2.75) is 6.92 Å². The second-order valence-corrected chi connectivity index (χ2v) is 12.1. The zero-order valence-electron chi connectivity index (χ0n) is 27.2. The topological polar surface area (TPSA) is 34.0 Å². The van der Waals surface area contributed by atoms with E-state index in [9.17, 15) is 0 Å². The highest BCUT2D eigenvalue weighted by Gasteiger charge is 2.18. The molecule has 8 aromatic rings. The summed E-state index contributed by atoms with van der Waals surface area (Å²) >= 11 is 0. The molecule has 0 bridgehead atoms. The van der Waals surface area contributed by atoms with E-state index in [0.717, 1.165) is 66.8 Å². The zero-order valence-corrected chi connectivity index (χ0v) is 27.2. The van der Waals surface area contributed by atoms with Crippen molar-refractivity contribution in [2.75, 3.05) is 4.90 Å². The number of allylic oxidation sites excluding steroid dienone is 1. The van der Waals surface area contributed by atoms with E-state index in [4.69, 9.17) is 10.2 Å². The highest BCUT2D eigenvalue weighted by atomic mass is 15.5. The molecule has 1 aromatic heterocycles. The zero-order chi connectivity index (χ0) is 33.2. The van der Waals surface area contributed by atoms with Crippen molar-refractivity contribution < 1.29 is 0 Å². The summed E-state index contributed by atoms with van der Waals surface area (Å²) in [6.45, 7) is 6.38. The van der Waals surface area contributed by atoms with Gasteiger partial charge in [0.2, 0.25) is 0 Å². The SMILES string of the molecule is C=Cc1ccc2ccc3nn(-c4ccccc4)nc3c2c1/C=C(\C)N(c1ccccc1)c1cc(-c2ccccc2)cc(-c2ccccc2)c1. The minimum atomic E-state index is 0.841. The molecule has 4 nitrogen and oxygen atoms in total. The summed E-state index contributed by atoms with van der Waals surface area (Å²) in [6, 6.07) is 57.1. The largest absolute Gasteiger partial charge is 0.314 e. The van der Waals surface area contributed by atoms with E-state index in [2.05, 4.69) is 158 Å². The molecule has 0 fully saturated rings. The van der Waals surface area contributed by atoms with E-state index in [0.29, 0.717) is 0 Å². The van der Waals surface area contributed by atoms with Crippen LogP contribution < -0.4 is 4.90 Å². The van der Waals surface area contributed by atoms with Gasteiger partial charge in [0, 0.05) is 22.5 Å². The van der Waals surface area contributed by atoms with Crippen LogP contribution in [-0.2, 0) is 0 Å². The lowest BCUT2D eigenvalue weighted by Gasteiger charge is -2.28. The number of fused-ring (bicyclic) bond motifs is 3. The third kappa shape index (κ3) is 5.81. The number of hydrogen-bond acceptors (Lipinski definition) is 3. The van der Waals surface area contributed by atoms with Gasteiger partial charge in [-0.15, -0.1) is 10.2 Å². The molecule has 7 aromatic carbocycles. The fourth-order valence-corrected chi connectivity index (χ4v) is 6.58. The number of nitrogens with zero attached hydrogens (tertiary/aromatic N) is 4. The van der Waals surface area contributed by atoms with Gasteiger partial charge in [0.25, 0.3) is 0 Å². The third-order valence-corrected chi connectivity index (χ3v) is 8.93. The van der Waals surface area contributed by atoms with Crippen molar-refractivity contribution in [3.8, 4) is 27.9 Å². The Morgan fingerprint density at radius 2 is 1.16 bits per heavy atom. The molecule has 0 unspecified atom stereocenters. The number of hydrogen-bond donors (Lipinski definition) is 0.